The molecule has 4 nitrogen and oxygen atoms in total. The van der Waals surface area contributed by atoms with Crippen LogP contribution in [0.2, 0.25) is 20.1 Å². The molecule has 2 amide bonds. The van der Waals surface area contributed by atoms with Gasteiger partial charge < -0.3 is 10.2 Å². The van der Waals surface area contributed by atoms with Crippen LogP contribution >= 0.6 is 58.2 Å². The number of carbonyl (C=O) groups is 2. The molecule has 0 radical (unpaired) electrons. The van der Waals surface area contributed by atoms with Gasteiger partial charge in [0, 0.05) is 33.4 Å². The Kier molecular flexibility index (Phi) is 10.0. The van der Waals surface area contributed by atoms with E-state index in [1.807, 2.05) is 26.8 Å². The average Bonchev–Trinajstić information content (AvgIpc) is 2.68. The molecule has 0 fully saturated rings. The zero-order valence-electron chi connectivity index (χ0n) is 18.3. The molecular formula is C23H26Cl4N2O2S. The van der Waals surface area contributed by atoms with Gasteiger partial charge in [-0.05, 0) is 57.5 Å². The fourth-order valence-corrected chi connectivity index (χ4v) is 4.57. The fraction of sp³-hybridized carbons (Fsp3) is 0.391. The summed E-state index contributed by atoms with van der Waals surface area (Å²) in [6, 6.07) is 9.83. The Hall–Kier alpha value is -1.11. The van der Waals surface area contributed by atoms with E-state index in [4.69, 9.17) is 46.4 Å². The number of halogens is 4. The van der Waals surface area contributed by atoms with Crippen molar-refractivity contribution in [2.45, 2.75) is 51.6 Å². The molecule has 0 saturated heterocycles. The highest BCUT2D eigenvalue weighted by atomic mass is 35.5. The number of hydrogen-bond donors (Lipinski definition) is 1. The number of hydrogen-bond acceptors (Lipinski definition) is 3. The third-order valence-electron chi connectivity index (χ3n) is 4.53. The van der Waals surface area contributed by atoms with Crippen molar-refractivity contribution < 1.29 is 9.59 Å². The van der Waals surface area contributed by atoms with E-state index in [2.05, 4.69) is 5.32 Å². The summed E-state index contributed by atoms with van der Waals surface area (Å²) in [4.78, 5) is 27.5. The van der Waals surface area contributed by atoms with Crippen LogP contribution in [0.1, 0.15) is 38.8 Å². The predicted octanol–water partition coefficient (Wildman–Crippen LogP) is 6.87. The highest BCUT2D eigenvalue weighted by molar-refractivity contribution is 7.99. The lowest BCUT2D eigenvalue weighted by Crippen LogP contribution is -2.52. The first-order chi connectivity index (χ1) is 14.9. The summed E-state index contributed by atoms with van der Waals surface area (Å²) in [6.45, 7) is 7.50. The molecule has 0 aliphatic heterocycles. The van der Waals surface area contributed by atoms with Gasteiger partial charge in [-0.3, -0.25) is 9.59 Å². The first-order valence-electron chi connectivity index (χ1n) is 9.95. The van der Waals surface area contributed by atoms with Gasteiger partial charge in [0.2, 0.25) is 11.8 Å². The van der Waals surface area contributed by atoms with E-state index in [0.717, 1.165) is 5.56 Å². The van der Waals surface area contributed by atoms with E-state index >= 15 is 0 Å². The summed E-state index contributed by atoms with van der Waals surface area (Å²) in [5, 5.41) is 4.78. The molecule has 1 N–H and O–H groups in total. The predicted molar refractivity (Wildman–Crippen MR) is 137 cm³/mol. The summed E-state index contributed by atoms with van der Waals surface area (Å²) in [5.74, 6) is 0.313. The van der Waals surface area contributed by atoms with Crippen LogP contribution < -0.4 is 5.32 Å². The van der Waals surface area contributed by atoms with Crippen LogP contribution in [0.3, 0.4) is 0 Å². The van der Waals surface area contributed by atoms with Crippen molar-refractivity contribution >= 4 is 70.0 Å². The van der Waals surface area contributed by atoms with Gasteiger partial charge in [-0.1, -0.05) is 58.5 Å². The molecule has 174 valence electrons. The lowest BCUT2D eigenvalue weighted by atomic mass is 10.1. The number of nitrogens with zero attached hydrogens (tertiary/aromatic N) is 1. The van der Waals surface area contributed by atoms with Gasteiger partial charge in [-0.25, -0.2) is 0 Å². The van der Waals surface area contributed by atoms with E-state index in [9.17, 15) is 9.59 Å². The van der Waals surface area contributed by atoms with Crippen molar-refractivity contribution in [3.8, 4) is 0 Å². The Morgan fingerprint density at radius 1 is 1.00 bits per heavy atom. The molecular weight excluding hydrogens is 510 g/mol. The Morgan fingerprint density at radius 3 is 2.19 bits per heavy atom. The summed E-state index contributed by atoms with van der Waals surface area (Å²) in [7, 11) is 0. The van der Waals surface area contributed by atoms with E-state index in [0.29, 0.717) is 31.4 Å². The van der Waals surface area contributed by atoms with E-state index in [1.54, 1.807) is 37.3 Å². The van der Waals surface area contributed by atoms with Crippen molar-refractivity contribution in [1.29, 1.82) is 0 Å². The molecule has 2 rings (SSSR count). The summed E-state index contributed by atoms with van der Waals surface area (Å²) in [6.07, 6.45) is 0. The molecule has 0 spiro atoms. The lowest BCUT2D eigenvalue weighted by molar-refractivity contribution is -0.139. The van der Waals surface area contributed by atoms with Crippen molar-refractivity contribution in [3.05, 3.63) is 67.6 Å². The molecule has 0 bridgehead atoms. The average molecular weight is 536 g/mol. The van der Waals surface area contributed by atoms with Crippen molar-refractivity contribution in [2.75, 3.05) is 5.75 Å². The van der Waals surface area contributed by atoms with Gasteiger partial charge in [-0.15, -0.1) is 11.8 Å². The monoisotopic (exact) mass is 534 g/mol. The maximum absolute atomic E-state index is 13.2. The van der Waals surface area contributed by atoms with E-state index in [1.165, 1.54) is 16.7 Å². The minimum atomic E-state index is -0.709. The Morgan fingerprint density at radius 2 is 1.62 bits per heavy atom. The second-order valence-electron chi connectivity index (χ2n) is 8.38. The van der Waals surface area contributed by atoms with Gasteiger partial charge in [0.25, 0.3) is 0 Å². The lowest BCUT2D eigenvalue weighted by Gasteiger charge is -2.32. The SMILES string of the molecule is C[C@H](C(=O)NC(C)(C)C)N(Cc1c(Cl)cccc1Cl)C(=O)CSCc1ccc(Cl)c(Cl)c1. The number of nitrogens with one attached hydrogen (secondary N) is 1. The largest absolute Gasteiger partial charge is 0.350 e. The molecule has 0 saturated carbocycles. The number of carbonyl (C=O) groups excluding carboxylic acids is 2. The highest BCUT2D eigenvalue weighted by Crippen LogP contribution is 2.28. The molecule has 0 aromatic heterocycles. The number of amides is 2. The van der Waals surface area contributed by atoms with Crippen molar-refractivity contribution in [1.82, 2.24) is 10.2 Å². The Bertz CT molecular complexity index is 959. The van der Waals surface area contributed by atoms with E-state index < -0.39 is 11.6 Å². The fourth-order valence-electron chi connectivity index (χ4n) is 2.88. The molecule has 0 heterocycles. The standard InChI is InChI=1S/C23H26Cl4N2O2S/c1-14(22(31)28-23(2,3)4)29(11-16-17(24)6-5-7-18(16)25)21(30)13-32-12-15-8-9-19(26)20(27)10-15/h5-10,14H,11-13H2,1-4H3,(H,28,31)/t14-/m1/s1. The van der Waals surface area contributed by atoms with Crippen LogP contribution in [0.25, 0.3) is 0 Å². The Labute approximate surface area is 213 Å². The van der Waals surface area contributed by atoms with Crippen LogP contribution in [0.5, 0.6) is 0 Å². The molecule has 1 atom stereocenters. The molecule has 2 aromatic carbocycles. The zero-order chi connectivity index (χ0) is 24.1. The van der Waals surface area contributed by atoms with Crippen LogP contribution in [0, 0.1) is 0 Å². The van der Waals surface area contributed by atoms with Crippen LogP contribution in [0.15, 0.2) is 36.4 Å². The van der Waals surface area contributed by atoms with Crippen molar-refractivity contribution in [2.24, 2.45) is 0 Å². The smallest absolute Gasteiger partial charge is 0.242 e. The van der Waals surface area contributed by atoms with Crippen LogP contribution in [-0.2, 0) is 21.9 Å². The minimum Gasteiger partial charge on any atom is -0.350 e. The molecule has 9 heteroatoms. The zero-order valence-corrected chi connectivity index (χ0v) is 22.2. The van der Waals surface area contributed by atoms with Crippen molar-refractivity contribution in [3.63, 3.8) is 0 Å². The summed E-state index contributed by atoms with van der Waals surface area (Å²) in [5.41, 5.74) is 1.13. The molecule has 2 aromatic rings. The number of thioether (sulfide) groups is 1. The van der Waals surface area contributed by atoms with Gasteiger partial charge in [0.15, 0.2) is 0 Å². The minimum absolute atomic E-state index is 0.128. The summed E-state index contributed by atoms with van der Waals surface area (Å²) >= 11 is 26.1. The normalized spacial score (nSPS) is 12.4. The molecule has 0 aliphatic carbocycles. The maximum atomic E-state index is 13.2. The third-order valence-corrected chi connectivity index (χ3v) is 6.97. The maximum Gasteiger partial charge on any atom is 0.242 e. The first-order valence-corrected chi connectivity index (χ1v) is 12.6. The molecule has 32 heavy (non-hydrogen) atoms. The summed E-state index contributed by atoms with van der Waals surface area (Å²) < 4.78 is 0. The second-order valence-corrected chi connectivity index (χ2v) is 11.0. The van der Waals surface area contributed by atoms with Gasteiger partial charge >= 0.3 is 0 Å². The molecule has 0 aliphatic rings. The van der Waals surface area contributed by atoms with Gasteiger partial charge in [-0.2, -0.15) is 0 Å². The molecule has 0 unspecified atom stereocenters. The first kappa shape index (κ1) is 27.1. The van der Waals surface area contributed by atoms with E-state index in [-0.39, 0.29) is 24.1 Å². The van der Waals surface area contributed by atoms with Gasteiger partial charge in [0.05, 0.1) is 15.8 Å². The highest BCUT2D eigenvalue weighted by Gasteiger charge is 2.29. The topological polar surface area (TPSA) is 49.4 Å². The Balaban J connectivity index is 2.17. The number of rotatable bonds is 8. The van der Waals surface area contributed by atoms with Crippen LogP contribution in [-0.4, -0.2) is 34.0 Å². The quantitative estimate of drug-likeness (QED) is 0.401. The second kappa shape index (κ2) is 11.8. The number of benzene rings is 2. The van der Waals surface area contributed by atoms with Gasteiger partial charge in [0.1, 0.15) is 6.04 Å². The third kappa shape index (κ3) is 8.03. The van der Waals surface area contributed by atoms with Crippen LogP contribution in [0.4, 0.5) is 0 Å².